The van der Waals surface area contributed by atoms with Crippen LogP contribution in [0.2, 0.25) is 0 Å². The Hall–Kier alpha value is -1.82. The van der Waals surface area contributed by atoms with Crippen LogP contribution < -0.4 is 10.6 Å². The predicted molar refractivity (Wildman–Crippen MR) is 83.2 cm³/mol. The monoisotopic (exact) mass is 307 g/mol. The van der Waals surface area contributed by atoms with Crippen molar-refractivity contribution in [2.75, 3.05) is 0 Å². The van der Waals surface area contributed by atoms with E-state index >= 15 is 0 Å². The lowest BCUT2D eigenvalue weighted by molar-refractivity contribution is 0.233. The van der Waals surface area contributed by atoms with Crippen LogP contribution in [-0.4, -0.2) is 11.2 Å². The molecule has 114 valence electrons. The van der Waals surface area contributed by atoms with E-state index in [0.717, 1.165) is 21.9 Å². The number of nitrogens with one attached hydrogen (secondary N) is 2. The number of thiophene rings is 1. The molecule has 21 heavy (non-hydrogen) atoms. The molecule has 0 aliphatic carbocycles. The molecule has 0 aromatic carbocycles. The average molecular weight is 307 g/mol. The first-order valence-electron chi connectivity index (χ1n) is 6.98. The SMILES string of the molecule is Cc1noc(C)c1CNC(=O)NC(c1cccs1)C(C)C. The number of hydrogen-bond acceptors (Lipinski definition) is 4. The van der Waals surface area contributed by atoms with Crippen molar-refractivity contribution in [3.05, 3.63) is 39.4 Å². The van der Waals surface area contributed by atoms with Crippen LogP contribution in [-0.2, 0) is 6.54 Å². The van der Waals surface area contributed by atoms with Gasteiger partial charge in [-0.1, -0.05) is 25.1 Å². The van der Waals surface area contributed by atoms with Gasteiger partial charge in [0, 0.05) is 17.0 Å². The third kappa shape index (κ3) is 3.85. The Morgan fingerprint density at radius 3 is 2.71 bits per heavy atom. The molecule has 0 bridgehead atoms. The number of aryl methyl sites for hydroxylation is 2. The molecule has 2 N–H and O–H groups in total. The van der Waals surface area contributed by atoms with E-state index in [1.54, 1.807) is 11.3 Å². The molecular formula is C15H21N3O2S. The largest absolute Gasteiger partial charge is 0.361 e. The molecule has 0 fully saturated rings. The highest BCUT2D eigenvalue weighted by molar-refractivity contribution is 7.10. The summed E-state index contributed by atoms with van der Waals surface area (Å²) in [6.07, 6.45) is 0. The van der Waals surface area contributed by atoms with Crippen molar-refractivity contribution < 1.29 is 9.32 Å². The fourth-order valence-corrected chi connectivity index (χ4v) is 3.10. The maximum absolute atomic E-state index is 12.1. The second-order valence-corrected chi connectivity index (χ2v) is 6.35. The number of urea groups is 1. The van der Waals surface area contributed by atoms with Crippen molar-refractivity contribution in [1.82, 2.24) is 15.8 Å². The molecule has 2 aromatic rings. The van der Waals surface area contributed by atoms with Gasteiger partial charge in [0.25, 0.3) is 0 Å². The van der Waals surface area contributed by atoms with Gasteiger partial charge in [-0.25, -0.2) is 4.79 Å². The summed E-state index contributed by atoms with van der Waals surface area (Å²) in [6.45, 7) is 8.33. The highest BCUT2D eigenvalue weighted by Gasteiger charge is 2.19. The molecule has 6 heteroatoms. The first-order valence-corrected chi connectivity index (χ1v) is 7.86. The standard InChI is InChI=1S/C15H21N3O2S/c1-9(2)14(13-6-5-7-21-13)17-15(19)16-8-12-10(3)18-20-11(12)4/h5-7,9,14H,8H2,1-4H3,(H2,16,17,19). The van der Waals surface area contributed by atoms with Gasteiger partial charge in [-0.05, 0) is 31.2 Å². The topological polar surface area (TPSA) is 67.2 Å². The summed E-state index contributed by atoms with van der Waals surface area (Å²) >= 11 is 1.65. The summed E-state index contributed by atoms with van der Waals surface area (Å²) in [4.78, 5) is 13.3. The Morgan fingerprint density at radius 1 is 1.43 bits per heavy atom. The van der Waals surface area contributed by atoms with Crippen LogP contribution in [0.15, 0.2) is 22.0 Å². The first-order chi connectivity index (χ1) is 9.99. The molecule has 2 amide bonds. The van der Waals surface area contributed by atoms with Crippen LogP contribution in [0.25, 0.3) is 0 Å². The lowest BCUT2D eigenvalue weighted by atomic mass is 10.0. The second-order valence-electron chi connectivity index (χ2n) is 5.37. The van der Waals surface area contributed by atoms with E-state index in [0.29, 0.717) is 12.5 Å². The normalized spacial score (nSPS) is 12.4. The number of rotatable bonds is 5. The third-order valence-electron chi connectivity index (χ3n) is 3.41. The zero-order valence-corrected chi connectivity index (χ0v) is 13.6. The highest BCUT2D eigenvalue weighted by atomic mass is 32.1. The van der Waals surface area contributed by atoms with Crippen LogP contribution in [0, 0.1) is 19.8 Å². The molecule has 2 aromatic heterocycles. The quantitative estimate of drug-likeness (QED) is 0.887. The van der Waals surface area contributed by atoms with Gasteiger partial charge in [0.15, 0.2) is 0 Å². The van der Waals surface area contributed by atoms with Gasteiger partial charge >= 0.3 is 6.03 Å². The fourth-order valence-electron chi connectivity index (χ4n) is 2.15. The molecule has 0 radical (unpaired) electrons. The number of nitrogens with zero attached hydrogens (tertiary/aromatic N) is 1. The molecule has 0 aliphatic rings. The molecule has 0 spiro atoms. The second kappa shape index (κ2) is 6.76. The Morgan fingerprint density at radius 2 is 2.19 bits per heavy atom. The summed E-state index contributed by atoms with van der Waals surface area (Å²) in [6, 6.07) is 3.89. The lowest BCUT2D eigenvalue weighted by Crippen LogP contribution is -2.39. The molecule has 5 nitrogen and oxygen atoms in total. The third-order valence-corrected chi connectivity index (χ3v) is 4.37. The Labute approximate surface area is 128 Å². The molecule has 0 aliphatic heterocycles. The van der Waals surface area contributed by atoms with Crippen LogP contribution >= 0.6 is 11.3 Å². The summed E-state index contributed by atoms with van der Waals surface area (Å²) in [7, 11) is 0. The first kappa shape index (κ1) is 15.6. The number of amides is 2. The van der Waals surface area contributed by atoms with Gasteiger partial charge in [-0.2, -0.15) is 0 Å². The summed E-state index contributed by atoms with van der Waals surface area (Å²) < 4.78 is 5.09. The summed E-state index contributed by atoms with van der Waals surface area (Å²) in [5.41, 5.74) is 1.74. The number of carbonyl (C=O) groups is 1. The van der Waals surface area contributed by atoms with E-state index in [1.165, 1.54) is 0 Å². The zero-order valence-electron chi connectivity index (χ0n) is 12.8. The van der Waals surface area contributed by atoms with E-state index in [-0.39, 0.29) is 12.1 Å². The molecular weight excluding hydrogens is 286 g/mol. The minimum Gasteiger partial charge on any atom is -0.361 e. The van der Waals surface area contributed by atoms with Crippen LogP contribution in [0.1, 0.15) is 41.8 Å². The molecule has 1 unspecified atom stereocenters. The van der Waals surface area contributed by atoms with E-state index in [2.05, 4.69) is 29.6 Å². The van der Waals surface area contributed by atoms with Crippen molar-refractivity contribution in [3.63, 3.8) is 0 Å². The van der Waals surface area contributed by atoms with Crippen LogP contribution in [0.3, 0.4) is 0 Å². The van der Waals surface area contributed by atoms with Gasteiger partial charge in [0.1, 0.15) is 5.76 Å². The fraction of sp³-hybridized carbons (Fsp3) is 0.467. The van der Waals surface area contributed by atoms with Crippen molar-refractivity contribution >= 4 is 17.4 Å². The van der Waals surface area contributed by atoms with Crippen molar-refractivity contribution in [3.8, 4) is 0 Å². The number of hydrogen-bond donors (Lipinski definition) is 2. The average Bonchev–Trinajstić information content (AvgIpc) is 3.05. The summed E-state index contributed by atoms with van der Waals surface area (Å²) in [5, 5.41) is 11.8. The van der Waals surface area contributed by atoms with Gasteiger partial charge in [0.2, 0.25) is 0 Å². The minimum atomic E-state index is -0.179. The molecule has 0 saturated carbocycles. The van der Waals surface area contributed by atoms with Crippen molar-refractivity contribution in [2.24, 2.45) is 5.92 Å². The smallest absolute Gasteiger partial charge is 0.315 e. The minimum absolute atomic E-state index is 0.0228. The van der Waals surface area contributed by atoms with Crippen LogP contribution in [0.5, 0.6) is 0 Å². The Balaban J connectivity index is 1.94. The maximum atomic E-state index is 12.1. The van der Waals surface area contributed by atoms with E-state index in [4.69, 9.17) is 4.52 Å². The number of aromatic nitrogens is 1. The molecule has 2 rings (SSSR count). The number of carbonyl (C=O) groups excluding carboxylic acids is 1. The van der Waals surface area contributed by atoms with Gasteiger partial charge < -0.3 is 15.2 Å². The van der Waals surface area contributed by atoms with Gasteiger partial charge in [-0.15, -0.1) is 11.3 Å². The molecule has 0 saturated heterocycles. The van der Waals surface area contributed by atoms with Crippen molar-refractivity contribution in [1.29, 1.82) is 0 Å². The van der Waals surface area contributed by atoms with Gasteiger partial charge in [0.05, 0.1) is 11.7 Å². The van der Waals surface area contributed by atoms with Crippen LogP contribution in [0.4, 0.5) is 4.79 Å². The summed E-state index contributed by atoms with van der Waals surface area (Å²) in [5.74, 6) is 1.07. The molecule has 2 heterocycles. The van der Waals surface area contributed by atoms with E-state index in [9.17, 15) is 4.79 Å². The predicted octanol–water partition coefficient (Wildman–Crippen LogP) is 3.55. The zero-order chi connectivity index (χ0) is 15.4. The molecule has 1 atom stereocenters. The maximum Gasteiger partial charge on any atom is 0.315 e. The van der Waals surface area contributed by atoms with E-state index < -0.39 is 0 Å². The lowest BCUT2D eigenvalue weighted by Gasteiger charge is -2.21. The highest BCUT2D eigenvalue weighted by Crippen LogP contribution is 2.25. The van der Waals surface area contributed by atoms with Crippen molar-refractivity contribution in [2.45, 2.75) is 40.3 Å². The van der Waals surface area contributed by atoms with E-state index in [1.807, 2.05) is 31.4 Å². The Kier molecular flexibility index (Phi) is 5.01. The van der Waals surface area contributed by atoms with Gasteiger partial charge in [-0.3, -0.25) is 0 Å². The Bertz CT molecular complexity index is 571.